The first-order valence-corrected chi connectivity index (χ1v) is 9.74. The van der Waals surface area contributed by atoms with Crippen molar-refractivity contribution in [3.8, 4) is 5.88 Å². The molecule has 3 heterocycles. The fourth-order valence-electron chi connectivity index (χ4n) is 3.45. The molecule has 0 radical (unpaired) electrons. The molecule has 4 rings (SSSR count). The zero-order valence-electron chi connectivity index (χ0n) is 15.9. The van der Waals surface area contributed by atoms with E-state index in [1.54, 1.807) is 36.2 Å². The van der Waals surface area contributed by atoms with Crippen LogP contribution in [0.1, 0.15) is 48.2 Å². The molecular formula is C20H24N4O4. The predicted molar refractivity (Wildman–Crippen MR) is 101 cm³/mol. The summed E-state index contributed by atoms with van der Waals surface area (Å²) in [5, 5.41) is 6.56. The van der Waals surface area contributed by atoms with Gasteiger partial charge in [-0.15, -0.1) is 0 Å². The fraction of sp³-hybridized carbons (Fsp3) is 0.500. The summed E-state index contributed by atoms with van der Waals surface area (Å²) in [5.74, 6) is 1.31. The number of hydrogen-bond acceptors (Lipinski definition) is 6. The third kappa shape index (κ3) is 4.16. The number of carbonyl (C=O) groups excluding carboxylic acids is 2. The maximum absolute atomic E-state index is 12.8. The zero-order valence-corrected chi connectivity index (χ0v) is 15.9. The number of ether oxygens (including phenoxy) is 1. The van der Waals surface area contributed by atoms with Crippen molar-refractivity contribution in [1.82, 2.24) is 15.0 Å². The lowest BCUT2D eigenvalue weighted by Gasteiger charge is -2.31. The Morgan fingerprint density at radius 3 is 2.64 bits per heavy atom. The van der Waals surface area contributed by atoms with Crippen molar-refractivity contribution in [3.05, 3.63) is 35.7 Å². The molecule has 2 fully saturated rings. The summed E-state index contributed by atoms with van der Waals surface area (Å²) in [4.78, 5) is 31.2. The van der Waals surface area contributed by atoms with Gasteiger partial charge in [-0.2, -0.15) is 0 Å². The van der Waals surface area contributed by atoms with Gasteiger partial charge in [0.05, 0.1) is 0 Å². The summed E-state index contributed by atoms with van der Waals surface area (Å²) in [6.07, 6.45) is 6.34. The first kappa shape index (κ1) is 18.5. The van der Waals surface area contributed by atoms with Gasteiger partial charge in [0.1, 0.15) is 11.9 Å². The highest BCUT2D eigenvalue weighted by molar-refractivity contribution is 5.95. The number of nitrogens with one attached hydrogen (secondary N) is 1. The Labute approximate surface area is 163 Å². The van der Waals surface area contributed by atoms with E-state index < -0.39 is 0 Å². The van der Waals surface area contributed by atoms with E-state index in [0.717, 1.165) is 12.8 Å². The van der Waals surface area contributed by atoms with Crippen molar-refractivity contribution in [3.63, 3.8) is 0 Å². The summed E-state index contributed by atoms with van der Waals surface area (Å²) in [6, 6.07) is 5.11. The third-order valence-corrected chi connectivity index (χ3v) is 5.35. The van der Waals surface area contributed by atoms with E-state index in [1.807, 2.05) is 0 Å². The zero-order chi connectivity index (χ0) is 19.5. The molecule has 0 spiro atoms. The highest BCUT2D eigenvalue weighted by atomic mass is 16.5. The Hall–Kier alpha value is -2.90. The number of amides is 2. The molecule has 0 atom stereocenters. The number of piperidine rings is 1. The number of anilines is 1. The minimum absolute atomic E-state index is 0.0492. The number of aromatic nitrogens is 2. The molecule has 28 heavy (non-hydrogen) atoms. The standard InChI is InChI=1S/C20H24N4O4/c1-13-11-17(23-28-13)22-19(25)14-6-9-24(10-7-14)20(26)15-5-8-21-18(12-15)27-16-3-2-4-16/h5,8,11-12,14,16H,2-4,6-7,9-10H2,1H3,(H,22,23,25). The largest absolute Gasteiger partial charge is 0.474 e. The van der Waals surface area contributed by atoms with Crippen LogP contribution in [-0.2, 0) is 4.79 Å². The van der Waals surface area contributed by atoms with E-state index in [2.05, 4.69) is 15.5 Å². The molecule has 8 heteroatoms. The maximum atomic E-state index is 12.8. The van der Waals surface area contributed by atoms with Crippen LogP contribution in [0.25, 0.3) is 0 Å². The molecule has 2 aliphatic rings. The van der Waals surface area contributed by atoms with Crippen LogP contribution in [-0.4, -0.2) is 46.0 Å². The fourth-order valence-corrected chi connectivity index (χ4v) is 3.45. The van der Waals surface area contributed by atoms with Gasteiger partial charge in [0.15, 0.2) is 5.82 Å². The number of nitrogens with zero attached hydrogens (tertiary/aromatic N) is 3. The Bertz CT molecular complexity index is 853. The Morgan fingerprint density at radius 1 is 1.21 bits per heavy atom. The van der Waals surface area contributed by atoms with Gasteiger partial charge in [-0.3, -0.25) is 9.59 Å². The summed E-state index contributed by atoms with van der Waals surface area (Å²) in [5.41, 5.74) is 0.574. The van der Waals surface area contributed by atoms with Gasteiger partial charge in [0.2, 0.25) is 11.8 Å². The molecule has 8 nitrogen and oxygen atoms in total. The van der Waals surface area contributed by atoms with E-state index in [9.17, 15) is 9.59 Å². The number of rotatable bonds is 5. The van der Waals surface area contributed by atoms with Crippen molar-refractivity contribution in [2.24, 2.45) is 5.92 Å². The molecular weight excluding hydrogens is 360 g/mol. The highest BCUT2D eigenvalue weighted by Crippen LogP contribution is 2.25. The normalized spacial score (nSPS) is 17.8. The lowest BCUT2D eigenvalue weighted by atomic mass is 9.95. The van der Waals surface area contributed by atoms with E-state index in [0.29, 0.717) is 49.0 Å². The van der Waals surface area contributed by atoms with Gasteiger partial charge in [-0.25, -0.2) is 4.98 Å². The number of carbonyl (C=O) groups is 2. The molecule has 2 aromatic rings. The van der Waals surface area contributed by atoms with Crippen molar-refractivity contribution in [2.75, 3.05) is 18.4 Å². The van der Waals surface area contributed by atoms with Gasteiger partial charge in [0, 0.05) is 42.9 Å². The van der Waals surface area contributed by atoms with Crippen LogP contribution in [0.2, 0.25) is 0 Å². The summed E-state index contributed by atoms with van der Waals surface area (Å²) in [6.45, 7) is 2.85. The lowest BCUT2D eigenvalue weighted by molar-refractivity contribution is -0.121. The number of likely N-dealkylation sites (tertiary alicyclic amines) is 1. The molecule has 1 N–H and O–H groups in total. The minimum Gasteiger partial charge on any atom is -0.474 e. The molecule has 2 aromatic heterocycles. The average Bonchev–Trinajstić information content (AvgIpc) is 3.09. The van der Waals surface area contributed by atoms with Gasteiger partial charge in [-0.05, 0) is 45.1 Å². The summed E-state index contributed by atoms with van der Waals surface area (Å²) >= 11 is 0. The second-order valence-corrected chi connectivity index (χ2v) is 7.43. The van der Waals surface area contributed by atoms with Crippen molar-refractivity contribution < 1.29 is 18.8 Å². The highest BCUT2D eigenvalue weighted by Gasteiger charge is 2.29. The van der Waals surface area contributed by atoms with Crippen molar-refractivity contribution in [2.45, 2.75) is 45.1 Å². The van der Waals surface area contributed by atoms with Crippen LogP contribution in [0.15, 0.2) is 28.9 Å². The summed E-state index contributed by atoms with van der Waals surface area (Å²) < 4.78 is 10.7. The molecule has 1 aliphatic heterocycles. The van der Waals surface area contributed by atoms with E-state index in [4.69, 9.17) is 9.26 Å². The number of pyridine rings is 1. The van der Waals surface area contributed by atoms with Gasteiger partial charge in [-0.1, -0.05) is 5.16 Å². The van der Waals surface area contributed by atoms with Gasteiger partial charge in [0.25, 0.3) is 5.91 Å². The maximum Gasteiger partial charge on any atom is 0.254 e. The molecule has 1 saturated heterocycles. The topological polar surface area (TPSA) is 97.6 Å². The van der Waals surface area contributed by atoms with Crippen LogP contribution in [0.3, 0.4) is 0 Å². The first-order chi connectivity index (χ1) is 13.6. The Morgan fingerprint density at radius 2 is 2.00 bits per heavy atom. The van der Waals surface area contributed by atoms with E-state index in [1.165, 1.54) is 6.42 Å². The molecule has 2 amide bonds. The quantitative estimate of drug-likeness (QED) is 0.851. The predicted octanol–water partition coefficient (Wildman–Crippen LogP) is 2.80. The smallest absolute Gasteiger partial charge is 0.254 e. The van der Waals surface area contributed by atoms with Crippen molar-refractivity contribution >= 4 is 17.6 Å². The molecule has 1 saturated carbocycles. The number of aryl methyl sites for hydroxylation is 1. The lowest BCUT2D eigenvalue weighted by Crippen LogP contribution is -2.41. The van der Waals surface area contributed by atoms with Gasteiger partial charge < -0.3 is 19.5 Å². The molecule has 0 bridgehead atoms. The van der Waals surface area contributed by atoms with Crippen LogP contribution in [0.4, 0.5) is 5.82 Å². The van der Waals surface area contributed by atoms with Crippen LogP contribution in [0, 0.1) is 12.8 Å². The van der Waals surface area contributed by atoms with Crippen molar-refractivity contribution in [1.29, 1.82) is 0 Å². The first-order valence-electron chi connectivity index (χ1n) is 9.74. The Balaban J connectivity index is 1.31. The SMILES string of the molecule is Cc1cc(NC(=O)C2CCN(C(=O)c3ccnc(OC4CCC4)c3)CC2)no1. The van der Waals surface area contributed by atoms with Gasteiger partial charge >= 0.3 is 0 Å². The molecule has 1 aliphatic carbocycles. The Kier molecular flexibility index (Phi) is 5.27. The molecule has 148 valence electrons. The van der Waals surface area contributed by atoms with Crippen LogP contribution in [0.5, 0.6) is 5.88 Å². The second-order valence-electron chi connectivity index (χ2n) is 7.43. The summed E-state index contributed by atoms with van der Waals surface area (Å²) in [7, 11) is 0. The minimum atomic E-state index is -0.143. The third-order valence-electron chi connectivity index (χ3n) is 5.35. The molecule has 0 aromatic carbocycles. The monoisotopic (exact) mass is 384 g/mol. The van der Waals surface area contributed by atoms with E-state index in [-0.39, 0.29) is 23.8 Å². The van der Waals surface area contributed by atoms with E-state index >= 15 is 0 Å². The number of hydrogen-bond donors (Lipinski definition) is 1. The average molecular weight is 384 g/mol. The van der Waals surface area contributed by atoms with Crippen LogP contribution < -0.4 is 10.1 Å². The second kappa shape index (κ2) is 8.00. The molecule has 0 unspecified atom stereocenters. The van der Waals surface area contributed by atoms with Crippen LogP contribution >= 0.6 is 0 Å².